The molecule has 0 spiro atoms. The molecule has 1 nitrogen and oxygen atoms in total. The molecule has 1 atom stereocenters. The zero-order chi connectivity index (χ0) is 15.8. The Bertz CT molecular complexity index is 653. The molecule has 0 radical (unpaired) electrons. The molecule has 0 aliphatic heterocycles. The van der Waals surface area contributed by atoms with Crippen molar-refractivity contribution in [2.75, 3.05) is 7.11 Å². The van der Waals surface area contributed by atoms with Gasteiger partial charge in [0.05, 0.1) is 7.11 Å². The fourth-order valence-corrected chi connectivity index (χ4v) is 2.69. The molecule has 0 aromatic heterocycles. The van der Waals surface area contributed by atoms with E-state index >= 15 is 0 Å². The Balaban J connectivity index is 2.63. The van der Waals surface area contributed by atoms with Crippen molar-refractivity contribution >= 4 is 26.7 Å². The van der Waals surface area contributed by atoms with E-state index in [4.69, 9.17) is 4.74 Å². The highest BCUT2D eigenvalue weighted by molar-refractivity contribution is 9.09. The summed E-state index contributed by atoms with van der Waals surface area (Å²) in [7, 11) is 1.40. The number of halogens is 6. The molecule has 21 heavy (non-hydrogen) atoms. The Labute approximate surface area is 125 Å². The fraction of sp³-hybridized carbons (Fsp3) is 0.286. The number of methoxy groups -OCH3 is 1. The van der Waals surface area contributed by atoms with Crippen molar-refractivity contribution in [1.29, 1.82) is 0 Å². The average molecular weight is 369 g/mol. The Kier molecular flexibility index (Phi) is 4.15. The molecule has 2 aromatic carbocycles. The van der Waals surface area contributed by atoms with E-state index < -0.39 is 16.9 Å². The maximum atomic E-state index is 13.5. The van der Waals surface area contributed by atoms with Gasteiger partial charge in [-0.25, -0.2) is 0 Å². The first kappa shape index (κ1) is 16.0. The summed E-state index contributed by atoms with van der Waals surface area (Å²) in [6.45, 7) is 0. The molecule has 0 saturated carbocycles. The Hall–Kier alpha value is -1.37. The predicted molar refractivity (Wildman–Crippen MR) is 73.2 cm³/mol. The number of rotatable bonds is 3. The number of alkyl halides is 6. The molecule has 114 valence electrons. The summed E-state index contributed by atoms with van der Waals surface area (Å²) in [6.07, 6.45) is -5.64. The lowest BCUT2D eigenvalue weighted by molar-refractivity contribution is -0.281. The third-order valence-electron chi connectivity index (χ3n) is 3.11. The van der Waals surface area contributed by atoms with E-state index in [1.54, 1.807) is 18.2 Å². The van der Waals surface area contributed by atoms with Crippen LogP contribution >= 0.6 is 15.9 Å². The summed E-state index contributed by atoms with van der Waals surface area (Å²) >= 11 is 2.50. The molecule has 0 amide bonds. The van der Waals surface area contributed by atoms with Crippen LogP contribution in [0.3, 0.4) is 0 Å². The smallest absolute Gasteiger partial charge is 0.454 e. The normalized spacial score (nSPS) is 14.2. The van der Waals surface area contributed by atoms with Crippen LogP contribution in [0, 0.1) is 0 Å². The molecule has 0 aliphatic carbocycles. The molecule has 0 N–H and O–H groups in total. The molecule has 2 aromatic rings. The standard InChI is InChI=1S/C14H10BrF5O/c1-21-11-7-6-10(8-4-2-3-5-9(8)11)12(15)13(16,17)14(18,19)20/h2-7,12H,1H3. The second kappa shape index (κ2) is 5.44. The Morgan fingerprint density at radius 1 is 0.952 bits per heavy atom. The van der Waals surface area contributed by atoms with Crippen LogP contribution in [-0.2, 0) is 0 Å². The van der Waals surface area contributed by atoms with Crippen LogP contribution < -0.4 is 4.74 Å². The lowest BCUT2D eigenvalue weighted by Gasteiger charge is -2.26. The van der Waals surface area contributed by atoms with Crippen molar-refractivity contribution < 1.29 is 26.7 Å². The van der Waals surface area contributed by atoms with E-state index in [-0.39, 0.29) is 10.9 Å². The second-order valence-corrected chi connectivity index (χ2v) is 5.30. The summed E-state index contributed by atoms with van der Waals surface area (Å²) in [5, 5.41) is 0.752. The fourth-order valence-electron chi connectivity index (χ4n) is 2.03. The number of fused-ring (bicyclic) bond motifs is 1. The lowest BCUT2D eigenvalue weighted by Crippen LogP contribution is -2.40. The third-order valence-corrected chi connectivity index (χ3v) is 4.18. The van der Waals surface area contributed by atoms with Gasteiger partial charge in [0.2, 0.25) is 0 Å². The number of benzene rings is 2. The molecule has 0 bridgehead atoms. The molecule has 1 unspecified atom stereocenters. The van der Waals surface area contributed by atoms with Gasteiger partial charge in [-0.15, -0.1) is 0 Å². The maximum absolute atomic E-state index is 13.5. The second-order valence-electron chi connectivity index (χ2n) is 4.39. The van der Waals surface area contributed by atoms with Crippen LogP contribution in [0.4, 0.5) is 22.0 Å². The number of hydrogen-bond acceptors (Lipinski definition) is 1. The monoisotopic (exact) mass is 368 g/mol. The first-order valence-corrected chi connectivity index (χ1v) is 6.76. The van der Waals surface area contributed by atoms with Crippen molar-refractivity contribution in [3.63, 3.8) is 0 Å². The van der Waals surface area contributed by atoms with Gasteiger partial charge in [-0.1, -0.05) is 46.3 Å². The van der Waals surface area contributed by atoms with Gasteiger partial charge in [0.15, 0.2) is 0 Å². The first-order chi connectivity index (χ1) is 9.70. The minimum absolute atomic E-state index is 0.145. The summed E-state index contributed by atoms with van der Waals surface area (Å²) in [5.74, 6) is -4.48. The summed E-state index contributed by atoms with van der Waals surface area (Å²) < 4.78 is 69.7. The molecule has 0 heterocycles. The molecular weight excluding hydrogens is 359 g/mol. The molecule has 2 rings (SSSR count). The van der Waals surface area contributed by atoms with E-state index in [2.05, 4.69) is 15.9 Å². The summed E-state index contributed by atoms with van der Waals surface area (Å²) in [6, 6.07) is 8.88. The number of ether oxygens (including phenoxy) is 1. The van der Waals surface area contributed by atoms with Crippen LogP contribution in [0.2, 0.25) is 0 Å². The van der Waals surface area contributed by atoms with Crippen LogP contribution in [0.5, 0.6) is 5.75 Å². The lowest BCUT2D eigenvalue weighted by atomic mass is 9.98. The zero-order valence-electron chi connectivity index (χ0n) is 10.7. The van der Waals surface area contributed by atoms with Crippen molar-refractivity contribution in [1.82, 2.24) is 0 Å². The van der Waals surface area contributed by atoms with Crippen molar-refractivity contribution in [2.45, 2.75) is 16.9 Å². The van der Waals surface area contributed by atoms with Crippen molar-refractivity contribution in [3.05, 3.63) is 42.0 Å². The SMILES string of the molecule is COc1ccc(C(Br)C(F)(F)C(F)(F)F)c2ccccc12. The van der Waals surface area contributed by atoms with Crippen molar-refractivity contribution in [2.24, 2.45) is 0 Å². The van der Waals surface area contributed by atoms with Gasteiger partial charge in [-0.2, -0.15) is 22.0 Å². The van der Waals surface area contributed by atoms with E-state index in [0.717, 1.165) is 0 Å². The molecule has 7 heteroatoms. The van der Waals surface area contributed by atoms with Crippen molar-refractivity contribution in [3.8, 4) is 5.75 Å². The van der Waals surface area contributed by atoms with Gasteiger partial charge in [0.1, 0.15) is 10.6 Å². The molecule has 0 saturated heterocycles. The minimum atomic E-state index is -5.64. The van der Waals surface area contributed by atoms with Gasteiger partial charge < -0.3 is 4.74 Å². The molecule has 0 aliphatic rings. The van der Waals surface area contributed by atoms with Crippen LogP contribution in [0.1, 0.15) is 10.4 Å². The Morgan fingerprint density at radius 3 is 2.05 bits per heavy atom. The van der Waals surface area contributed by atoms with E-state index in [0.29, 0.717) is 11.1 Å². The number of hydrogen-bond donors (Lipinski definition) is 0. The zero-order valence-corrected chi connectivity index (χ0v) is 12.3. The van der Waals surface area contributed by atoms with Crippen LogP contribution in [-0.4, -0.2) is 19.2 Å². The molecular formula is C14H10BrF5O. The van der Waals surface area contributed by atoms with Gasteiger partial charge in [-0.3, -0.25) is 0 Å². The summed E-state index contributed by atoms with van der Waals surface area (Å²) in [5.41, 5.74) is -0.145. The minimum Gasteiger partial charge on any atom is -0.496 e. The quantitative estimate of drug-likeness (QED) is 0.514. The van der Waals surface area contributed by atoms with Crippen LogP contribution in [0.15, 0.2) is 36.4 Å². The van der Waals surface area contributed by atoms with Gasteiger partial charge >= 0.3 is 12.1 Å². The van der Waals surface area contributed by atoms with E-state index in [1.165, 1.54) is 25.3 Å². The van der Waals surface area contributed by atoms with Crippen LogP contribution in [0.25, 0.3) is 10.8 Å². The average Bonchev–Trinajstić information content (AvgIpc) is 2.44. The maximum Gasteiger partial charge on any atom is 0.454 e. The highest BCUT2D eigenvalue weighted by Crippen LogP contribution is 2.50. The van der Waals surface area contributed by atoms with E-state index in [9.17, 15) is 22.0 Å². The topological polar surface area (TPSA) is 9.23 Å². The third kappa shape index (κ3) is 2.71. The van der Waals surface area contributed by atoms with Gasteiger partial charge in [0, 0.05) is 5.39 Å². The van der Waals surface area contributed by atoms with Gasteiger partial charge in [-0.05, 0) is 17.0 Å². The molecule has 0 fully saturated rings. The highest BCUT2D eigenvalue weighted by atomic mass is 79.9. The summed E-state index contributed by atoms with van der Waals surface area (Å²) in [4.78, 5) is -2.18. The first-order valence-electron chi connectivity index (χ1n) is 5.84. The van der Waals surface area contributed by atoms with E-state index in [1.807, 2.05) is 0 Å². The van der Waals surface area contributed by atoms with Gasteiger partial charge in [0.25, 0.3) is 0 Å². The largest absolute Gasteiger partial charge is 0.496 e. The Morgan fingerprint density at radius 2 is 1.52 bits per heavy atom. The highest BCUT2D eigenvalue weighted by Gasteiger charge is 2.62. The predicted octanol–water partition coefficient (Wildman–Crippen LogP) is 5.48.